The van der Waals surface area contributed by atoms with Crippen LogP contribution in [0.3, 0.4) is 0 Å². The van der Waals surface area contributed by atoms with Crippen molar-refractivity contribution in [1.82, 2.24) is 0 Å². The van der Waals surface area contributed by atoms with Gasteiger partial charge < -0.3 is 5.32 Å². The first-order valence-corrected chi connectivity index (χ1v) is 11.1. The molecule has 142 valence electrons. The summed E-state index contributed by atoms with van der Waals surface area (Å²) in [6.45, 7) is 8.86. The lowest BCUT2D eigenvalue weighted by atomic mass is 9.49. The summed E-state index contributed by atoms with van der Waals surface area (Å²) >= 11 is 4.04. The van der Waals surface area contributed by atoms with E-state index in [9.17, 15) is 4.79 Å². The first-order valence-electron chi connectivity index (χ1n) is 10.3. The number of anilines is 1. The summed E-state index contributed by atoms with van der Waals surface area (Å²) in [6, 6.07) is 6.49. The Bertz CT molecular complexity index is 683. The first-order chi connectivity index (χ1) is 12.2. The molecule has 1 N–H and O–H groups in total. The highest BCUT2D eigenvalue weighted by atomic mass is 79.9. The average Bonchev–Trinajstić information content (AvgIpc) is 2.52. The molecule has 4 aliphatic carbocycles. The maximum Gasteiger partial charge on any atom is 0.230 e. The molecule has 2 nitrogen and oxygen atoms in total. The molecule has 0 spiro atoms. The molecule has 4 saturated carbocycles. The Labute approximate surface area is 166 Å². The SMILES string of the molecule is CC(C)c1cccc(C(C)C)c1NC(=O)C12CC3CC(CC(Br)(C3)C1)C2. The van der Waals surface area contributed by atoms with Crippen LogP contribution in [0.2, 0.25) is 0 Å². The van der Waals surface area contributed by atoms with Crippen LogP contribution in [0.1, 0.15) is 89.2 Å². The van der Waals surface area contributed by atoms with Gasteiger partial charge in [-0.25, -0.2) is 0 Å². The molecule has 0 aliphatic heterocycles. The molecular weight excluding hydrogens is 386 g/mol. The minimum atomic E-state index is -0.161. The largest absolute Gasteiger partial charge is 0.325 e. The molecule has 3 heteroatoms. The molecule has 0 aromatic heterocycles. The Hall–Kier alpha value is -0.830. The fraction of sp³-hybridized carbons (Fsp3) is 0.696. The molecule has 0 heterocycles. The van der Waals surface area contributed by atoms with E-state index in [1.54, 1.807) is 0 Å². The number of carbonyl (C=O) groups excluding carboxylic acids is 1. The Morgan fingerprint density at radius 1 is 1.04 bits per heavy atom. The van der Waals surface area contributed by atoms with Crippen LogP contribution in [0.4, 0.5) is 5.69 Å². The van der Waals surface area contributed by atoms with Gasteiger partial charge >= 0.3 is 0 Å². The van der Waals surface area contributed by atoms with E-state index >= 15 is 0 Å². The van der Waals surface area contributed by atoms with Gasteiger partial charge in [0.05, 0.1) is 5.41 Å². The molecule has 4 fully saturated rings. The predicted octanol–water partition coefficient (Wildman–Crippen LogP) is 6.61. The third-order valence-corrected chi connectivity index (χ3v) is 8.01. The lowest BCUT2D eigenvalue weighted by Gasteiger charge is -2.59. The van der Waals surface area contributed by atoms with E-state index in [-0.39, 0.29) is 15.6 Å². The van der Waals surface area contributed by atoms with E-state index in [0.29, 0.717) is 11.8 Å². The second-order valence-electron chi connectivity index (χ2n) is 9.97. The molecule has 0 saturated heterocycles. The summed E-state index contributed by atoms with van der Waals surface area (Å²) in [4.78, 5) is 13.6. The lowest BCUT2D eigenvalue weighted by molar-refractivity contribution is -0.138. The van der Waals surface area contributed by atoms with Gasteiger partial charge in [-0.15, -0.1) is 0 Å². The smallest absolute Gasteiger partial charge is 0.230 e. The zero-order valence-corrected chi connectivity index (χ0v) is 18.2. The van der Waals surface area contributed by atoms with Crippen molar-refractivity contribution in [1.29, 1.82) is 0 Å². The highest BCUT2D eigenvalue weighted by Crippen LogP contribution is 2.64. The number of amides is 1. The predicted molar refractivity (Wildman–Crippen MR) is 112 cm³/mol. The van der Waals surface area contributed by atoms with Crippen LogP contribution < -0.4 is 5.32 Å². The maximum absolute atomic E-state index is 13.6. The van der Waals surface area contributed by atoms with E-state index in [4.69, 9.17) is 0 Å². The summed E-state index contributed by atoms with van der Waals surface area (Å²) in [5.41, 5.74) is 3.46. The van der Waals surface area contributed by atoms with Gasteiger partial charge in [-0.2, -0.15) is 0 Å². The van der Waals surface area contributed by atoms with Gasteiger partial charge in [-0.1, -0.05) is 61.8 Å². The fourth-order valence-corrected chi connectivity index (χ4v) is 7.81. The molecule has 4 bridgehead atoms. The van der Waals surface area contributed by atoms with Crippen LogP contribution in [-0.2, 0) is 4.79 Å². The van der Waals surface area contributed by atoms with Crippen LogP contribution in [-0.4, -0.2) is 10.2 Å². The Kier molecular flexibility index (Phi) is 4.53. The van der Waals surface area contributed by atoms with Crippen LogP contribution >= 0.6 is 15.9 Å². The number of carbonyl (C=O) groups is 1. The molecule has 1 aromatic rings. The van der Waals surface area contributed by atoms with Gasteiger partial charge in [0.25, 0.3) is 0 Å². The highest BCUT2D eigenvalue weighted by Gasteiger charge is 2.59. The van der Waals surface area contributed by atoms with Crippen molar-refractivity contribution in [2.75, 3.05) is 5.32 Å². The standard InChI is InChI=1S/C23H32BrNO/c1-14(2)18-6-5-7-19(15(3)4)20(18)25-21(26)22-9-16-8-17(10-22)12-23(24,11-16)13-22/h5-7,14-17H,8-13H2,1-4H3,(H,25,26). The zero-order valence-electron chi connectivity index (χ0n) is 16.6. The molecule has 0 radical (unpaired) electrons. The second kappa shape index (κ2) is 6.36. The Morgan fingerprint density at radius 3 is 2.04 bits per heavy atom. The number of halogens is 1. The van der Waals surface area contributed by atoms with Crippen LogP contribution in [0.5, 0.6) is 0 Å². The van der Waals surface area contributed by atoms with E-state index in [0.717, 1.165) is 36.8 Å². The molecule has 1 aromatic carbocycles. The average molecular weight is 418 g/mol. The summed E-state index contributed by atoms with van der Waals surface area (Å²) < 4.78 is 0.215. The van der Waals surface area contributed by atoms with Crippen molar-refractivity contribution in [3.05, 3.63) is 29.3 Å². The molecule has 2 unspecified atom stereocenters. The highest BCUT2D eigenvalue weighted by molar-refractivity contribution is 9.10. The molecule has 5 rings (SSSR count). The minimum Gasteiger partial charge on any atom is -0.325 e. The summed E-state index contributed by atoms with van der Waals surface area (Å²) in [5, 5.41) is 3.46. The topological polar surface area (TPSA) is 29.1 Å². The second-order valence-corrected chi connectivity index (χ2v) is 11.6. The van der Waals surface area contributed by atoms with E-state index in [2.05, 4.69) is 67.1 Å². The third-order valence-electron chi connectivity index (χ3n) is 7.08. The van der Waals surface area contributed by atoms with Crippen molar-refractivity contribution >= 4 is 27.5 Å². The third kappa shape index (κ3) is 3.04. The number of hydrogen-bond acceptors (Lipinski definition) is 1. The van der Waals surface area contributed by atoms with Crippen molar-refractivity contribution in [2.24, 2.45) is 17.3 Å². The number of benzene rings is 1. The minimum absolute atomic E-state index is 0.161. The van der Waals surface area contributed by atoms with E-state index in [1.165, 1.54) is 30.4 Å². The number of hydrogen-bond donors (Lipinski definition) is 1. The van der Waals surface area contributed by atoms with Gasteiger partial charge in [-0.05, 0) is 73.3 Å². The Balaban J connectivity index is 1.67. The molecule has 4 aliphatic rings. The van der Waals surface area contributed by atoms with Gasteiger partial charge in [0, 0.05) is 10.0 Å². The number of rotatable bonds is 4. The molecule has 2 atom stereocenters. The summed E-state index contributed by atoms with van der Waals surface area (Å²) in [5.74, 6) is 2.55. The molecular formula is C23H32BrNO. The van der Waals surface area contributed by atoms with Gasteiger partial charge in [0.15, 0.2) is 0 Å². The Morgan fingerprint density at radius 2 is 1.58 bits per heavy atom. The normalized spacial score (nSPS) is 35.3. The van der Waals surface area contributed by atoms with Gasteiger partial charge in [0.2, 0.25) is 5.91 Å². The van der Waals surface area contributed by atoms with Crippen LogP contribution in [0.15, 0.2) is 18.2 Å². The van der Waals surface area contributed by atoms with Crippen molar-refractivity contribution in [3.63, 3.8) is 0 Å². The van der Waals surface area contributed by atoms with Gasteiger partial charge in [-0.3, -0.25) is 4.79 Å². The molecule has 26 heavy (non-hydrogen) atoms. The lowest BCUT2D eigenvalue weighted by Crippen LogP contribution is -2.57. The summed E-state index contributed by atoms with van der Waals surface area (Å²) in [7, 11) is 0. The van der Waals surface area contributed by atoms with Crippen LogP contribution in [0.25, 0.3) is 0 Å². The monoisotopic (exact) mass is 417 g/mol. The summed E-state index contributed by atoms with van der Waals surface area (Å²) in [6.07, 6.45) is 7.05. The van der Waals surface area contributed by atoms with Crippen molar-refractivity contribution in [3.8, 4) is 0 Å². The number of alkyl halides is 1. The zero-order chi connectivity index (χ0) is 18.7. The van der Waals surface area contributed by atoms with E-state index < -0.39 is 0 Å². The molecule has 1 amide bonds. The quantitative estimate of drug-likeness (QED) is 0.548. The maximum atomic E-state index is 13.6. The van der Waals surface area contributed by atoms with E-state index in [1.807, 2.05) is 0 Å². The number of para-hydroxylation sites is 1. The fourth-order valence-electron chi connectivity index (χ4n) is 6.36. The van der Waals surface area contributed by atoms with Gasteiger partial charge in [0.1, 0.15) is 0 Å². The first kappa shape index (κ1) is 18.5. The van der Waals surface area contributed by atoms with Crippen molar-refractivity contribution < 1.29 is 4.79 Å². The van der Waals surface area contributed by atoms with Crippen LogP contribution in [0, 0.1) is 17.3 Å². The van der Waals surface area contributed by atoms with Crippen molar-refractivity contribution in [2.45, 2.75) is 82.4 Å². The number of nitrogens with one attached hydrogen (secondary N) is 1.